The van der Waals surface area contributed by atoms with Crippen molar-refractivity contribution in [2.75, 3.05) is 48.3 Å². The summed E-state index contributed by atoms with van der Waals surface area (Å²) >= 11 is 0. The Bertz CT molecular complexity index is 2420. The second kappa shape index (κ2) is 48.5. The number of Topliss-reactive ketones (excluding diaryl/α,β-unsaturated/α-hetero) is 1. The van der Waals surface area contributed by atoms with E-state index in [1.165, 1.54) is 65.0 Å². The van der Waals surface area contributed by atoms with Crippen LogP contribution in [-0.2, 0) is 94.9 Å². The van der Waals surface area contributed by atoms with E-state index in [-0.39, 0.29) is 147 Å². The summed E-state index contributed by atoms with van der Waals surface area (Å²) < 4.78 is 60.9. The third-order valence-electron chi connectivity index (χ3n) is 16.7. The molecule has 7 heterocycles. The molecule has 6 N–H and O–H groups in total. The number of allylic oxidation sites excluding steroid dienone is 2. The first-order valence-corrected chi connectivity index (χ1v) is 36.6. The third-order valence-corrected chi connectivity index (χ3v) is 17.6. The van der Waals surface area contributed by atoms with Gasteiger partial charge in [0.25, 0.3) is 0 Å². The summed E-state index contributed by atoms with van der Waals surface area (Å²) in [6, 6.07) is 0. The Labute approximate surface area is 580 Å². The van der Waals surface area contributed by atoms with Crippen LogP contribution in [-0.4, -0.2) is 220 Å². The molecule has 26 nitrogen and oxygen atoms in total. The highest BCUT2D eigenvalue weighted by Gasteiger charge is 2.37. The van der Waals surface area contributed by atoms with E-state index in [1.54, 1.807) is 0 Å². The molecule has 0 aromatic rings. The smallest absolute Gasteiger partial charge is 0.308 e. The molecule has 0 bridgehead atoms. The van der Waals surface area contributed by atoms with E-state index in [4.69, 9.17) is 68.2 Å². The average molecular weight is 1410 g/mol. The highest BCUT2D eigenvalue weighted by atomic mass is 28.4. The number of hydrogen-bond acceptors (Lipinski definition) is 26. The largest absolute Gasteiger partial charge is 0.548 e. The number of aldehydes is 1. The minimum Gasteiger partial charge on any atom is -0.548 e. The quantitative estimate of drug-likeness (QED) is 0.0214. The van der Waals surface area contributed by atoms with Gasteiger partial charge in [0.2, 0.25) is 8.32 Å². The third kappa shape index (κ3) is 34.7. The van der Waals surface area contributed by atoms with E-state index in [2.05, 4.69) is 78.8 Å². The van der Waals surface area contributed by atoms with Gasteiger partial charge in [-0.1, -0.05) is 98.4 Å². The topological polar surface area (TPSA) is 369 Å². The van der Waals surface area contributed by atoms with Crippen molar-refractivity contribution in [3.63, 3.8) is 0 Å². The Morgan fingerprint density at radius 2 is 0.888 bits per heavy atom. The first-order chi connectivity index (χ1) is 46.0. The second-order valence-corrected chi connectivity index (χ2v) is 29.9. The van der Waals surface area contributed by atoms with Crippen LogP contribution < -0.4 is 0 Å². The lowest BCUT2D eigenvalue weighted by molar-refractivity contribution is -0.155. The van der Waals surface area contributed by atoms with Crippen molar-refractivity contribution in [1.82, 2.24) is 0 Å². The molecule has 4 saturated heterocycles. The van der Waals surface area contributed by atoms with Crippen LogP contribution in [0.3, 0.4) is 0 Å². The zero-order chi connectivity index (χ0) is 75.2. The van der Waals surface area contributed by atoms with Crippen molar-refractivity contribution >= 4 is 55.8 Å². The maximum absolute atomic E-state index is 11.6. The summed E-state index contributed by atoms with van der Waals surface area (Å²) in [5, 5.41) is 53.1. The molecule has 0 saturated carbocycles. The van der Waals surface area contributed by atoms with Gasteiger partial charge in [-0.2, -0.15) is 0 Å². The number of ether oxygens (including phenoxy) is 11. The van der Waals surface area contributed by atoms with E-state index in [1.807, 2.05) is 48.5 Å². The zero-order valence-electron chi connectivity index (χ0n) is 60.6. The molecule has 7 rings (SSSR count). The lowest BCUT2D eigenvalue weighted by Gasteiger charge is -2.35. The minimum atomic E-state index is -1.32. The van der Waals surface area contributed by atoms with Gasteiger partial charge in [0.05, 0.1) is 147 Å². The predicted octanol–water partition coefficient (Wildman–Crippen LogP) is 6.94. The molecule has 7 aliphatic heterocycles. The van der Waals surface area contributed by atoms with E-state index in [0.29, 0.717) is 31.6 Å². The summed E-state index contributed by atoms with van der Waals surface area (Å²) in [5.74, 6) is 0.165. The molecule has 27 heteroatoms. The number of aliphatic hydroxyl groups is 6. The normalized spacial score (nSPS) is 30.6. The van der Waals surface area contributed by atoms with E-state index < -0.39 is 50.7 Å². The molecule has 0 spiro atoms. The molecule has 0 aromatic heterocycles. The van der Waals surface area contributed by atoms with Crippen molar-refractivity contribution in [2.24, 2.45) is 29.6 Å². The number of ketones is 3. The summed E-state index contributed by atoms with van der Waals surface area (Å²) in [5.41, 5.74) is 3.16. The number of esters is 4. The average Bonchev–Trinajstić information content (AvgIpc) is 1.01. The highest BCUT2D eigenvalue weighted by Crippen LogP contribution is 2.33. The molecular weight excluding hydrogens is 1300 g/mol. The van der Waals surface area contributed by atoms with Crippen LogP contribution in [0.15, 0.2) is 85.8 Å². The van der Waals surface area contributed by atoms with Crippen LogP contribution >= 0.6 is 0 Å². The molecule has 0 radical (unpaired) electrons. The molecule has 0 aromatic carbocycles. The minimum absolute atomic E-state index is 0.0244. The number of hydrogen-bond donors (Lipinski definition) is 6. The fourth-order valence-electron chi connectivity index (χ4n) is 10.4. The number of methoxy groups -OCH3 is 4. The second-order valence-electron chi connectivity index (χ2n) is 25.4. The van der Waals surface area contributed by atoms with Crippen molar-refractivity contribution in [3.8, 4) is 0 Å². The van der Waals surface area contributed by atoms with E-state index in [9.17, 15) is 38.4 Å². The fraction of sp³-hybridized carbons (Fsp3) is 0.690. The maximum Gasteiger partial charge on any atom is 0.308 e. The first-order valence-electron chi connectivity index (χ1n) is 33.2. The fourth-order valence-corrected chi connectivity index (χ4v) is 11.4. The Hall–Kier alpha value is -6.24. The Balaban J connectivity index is 0.00000111. The molecule has 0 aliphatic carbocycles. The Kier molecular flexibility index (Phi) is 45.4. The van der Waals surface area contributed by atoms with Gasteiger partial charge in [-0.15, -0.1) is 0 Å². The summed E-state index contributed by atoms with van der Waals surface area (Å²) in [7, 11) is 4.11. The molecule has 560 valence electrons. The van der Waals surface area contributed by atoms with Crippen LogP contribution in [0.2, 0.25) is 19.6 Å². The monoisotopic (exact) mass is 1410 g/mol. The summed E-state index contributed by atoms with van der Waals surface area (Å²) in [6.07, 6.45) is 8.61. The molecule has 0 amide bonds. The molecule has 98 heavy (non-hydrogen) atoms. The van der Waals surface area contributed by atoms with Crippen molar-refractivity contribution < 1.29 is 126 Å². The summed E-state index contributed by atoms with van der Waals surface area (Å²) in [4.78, 5) is 88.3. The Morgan fingerprint density at radius 3 is 1.24 bits per heavy atom. The predicted molar refractivity (Wildman–Crippen MR) is 365 cm³/mol. The number of rotatable bonds is 17. The van der Waals surface area contributed by atoms with Crippen LogP contribution in [0, 0.1) is 29.6 Å². The van der Waals surface area contributed by atoms with Gasteiger partial charge in [0.1, 0.15) is 42.6 Å². The van der Waals surface area contributed by atoms with Gasteiger partial charge in [0, 0.05) is 42.2 Å². The van der Waals surface area contributed by atoms with Crippen LogP contribution in [0.1, 0.15) is 133 Å². The lowest BCUT2D eigenvalue weighted by atomic mass is 9.87. The number of carbonyl (C=O) groups is 8. The SMILES string of the molecule is C=C(C)O[Si](C)(C)C.C=C1C[C@@H](CC(=O)OC)O[C@H](C=O)[C@H]1C.C=C1C[C@@H](CC(=O)OC)O[C@H](CC)[C@H]1C.C=C1C[C@@H](CC(=O)OC)O[C@H](CO)[C@H]1C.CC[C@H]1OC=CC(=O)[C@@H]1C.CC[C@H]1O[C@H](CC(=O)OC)CC(=O)[C@@H]1C.O=C1C=CO[C@H](CO)[C@H]1O.OC[C@H]1OC=C[C@@H](O)[C@@H]1O. The van der Waals surface area contributed by atoms with Gasteiger partial charge in [-0.3, -0.25) is 33.6 Å². The maximum atomic E-state index is 11.6. The van der Waals surface area contributed by atoms with Gasteiger partial charge < -0.3 is 92.0 Å². The van der Waals surface area contributed by atoms with Crippen LogP contribution in [0.4, 0.5) is 0 Å². The van der Waals surface area contributed by atoms with Crippen molar-refractivity contribution in [2.45, 2.75) is 238 Å². The van der Waals surface area contributed by atoms with Crippen molar-refractivity contribution in [3.05, 3.63) is 85.8 Å². The molecule has 19 atom stereocenters. The Morgan fingerprint density at radius 1 is 0.520 bits per heavy atom. The zero-order valence-corrected chi connectivity index (χ0v) is 61.6. The lowest BCUT2D eigenvalue weighted by Crippen LogP contribution is -2.42. The van der Waals surface area contributed by atoms with Crippen molar-refractivity contribution in [1.29, 1.82) is 0 Å². The van der Waals surface area contributed by atoms with E-state index in [0.717, 1.165) is 55.0 Å². The molecule has 7 aliphatic rings. The first kappa shape index (κ1) is 91.8. The van der Waals surface area contributed by atoms with Crippen LogP contribution in [0.25, 0.3) is 0 Å². The van der Waals surface area contributed by atoms with Gasteiger partial charge in [0.15, 0.2) is 23.8 Å². The highest BCUT2D eigenvalue weighted by molar-refractivity contribution is 6.70. The van der Waals surface area contributed by atoms with Gasteiger partial charge >= 0.3 is 23.9 Å². The van der Waals surface area contributed by atoms with E-state index >= 15 is 0 Å². The van der Waals surface area contributed by atoms with Gasteiger partial charge in [-0.25, -0.2) is 0 Å². The number of carbonyl (C=O) groups excluding carboxylic acids is 8. The van der Waals surface area contributed by atoms with Gasteiger partial charge in [-0.05, 0) is 71.2 Å². The number of aliphatic hydroxyl groups excluding tert-OH is 6. The molecular formula is C71H116O26Si. The summed E-state index contributed by atoms with van der Waals surface area (Å²) in [6.45, 7) is 39.0. The standard InChI is InChI=1S/C12H20O3.C11H18O4.C11H16O4.C11H18O4.C8H12O2.C6H10O4.C6H8O4.C6H14OSi/c1-5-11-9(3)8(2)6-10(15-11)7-12(13)14-4;2*1-7-4-9(5-11(13)14-3)15-10(6-12)8(7)2;1-4-10-7(2)9(12)5-8(15-10)6-11(13)14-3;1-3-8-6(2)7(9)4-5-10-8;2*7-3-5-6(9)4(8)1-2-10-5;1-6(2)7-8(3,4)5/h9-11H,2,5-7H2,1,3-4H3;8-10,12H,1,4-6H2,2-3H3;6,8-10H,1,4-5H2,2-3H3;7-8,10H,4-6H2,1-3H3;4-6,8H,3H2,1-2H3;1-2,4-9H,3H2;1-2,5-7,9H,3H2;1H2,2-5H3/t9-,10-,11+;2*8-,9-,10+;7-,8-,10+;6-,8+;4-,5-,6+;5-,6+;/m0000011./s1. The van der Waals surface area contributed by atoms with Crippen LogP contribution in [0.5, 0.6) is 0 Å². The molecule has 0 unspecified atom stereocenters. The molecule has 4 fully saturated rings.